The van der Waals surface area contributed by atoms with E-state index in [1.54, 1.807) is 11.3 Å². The van der Waals surface area contributed by atoms with Gasteiger partial charge in [0.15, 0.2) is 0 Å². The van der Waals surface area contributed by atoms with Crippen molar-refractivity contribution in [2.45, 2.75) is 45.4 Å². The molecular weight excluding hydrogens is 226 g/mol. The van der Waals surface area contributed by atoms with E-state index in [0.29, 0.717) is 5.41 Å². The lowest BCUT2D eigenvalue weighted by Gasteiger charge is -2.14. The number of thiazole rings is 1. The third-order valence-electron chi connectivity index (χ3n) is 3.09. The maximum absolute atomic E-state index is 5.98. The highest BCUT2D eigenvalue weighted by Crippen LogP contribution is 2.49. The number of halogens is 1. The van der Waals surface area contributed by atoms with Gasteiger partial charge in [0.1, 0.15) is 0 Å². The van der Waals surface area contributed by atoms with Crippen LogP contribution in [0.3, 0.4) is 0 Å². The highest BCUT2D eigenvalue weighted by Gasteiger charge is 2.42. The molecule has 1 aromatic heterocycles. The molecule has 1 saturated carbocycles. The van der Waals surface area contributed by atoms with E-state index in [2.05, 4.69) is 26.2 Å². The summed E-state index contributed by atoms with van der Waals surface area (Å²) < 4.78 is 0. The molecule has 3 heteroatoms. The number of aromatic nitrogens is 1. The summed E-state index contributed by atoms with van der Waals surface area (Å²) in [5, 5.41) is 3.46. The van der Waals surface area contributed by atoms with Gasteiger partial charge in [0.05, 0.1) is 10.7 Å². The van der Waals surface area contributed by atoms with E-state index >= 15 is 0 Å². The van der Waals surface area contributed by atoms with Gasteiger partial charge in [-0.25, -0.2) is 4.98 Å². The molecule has 1 aliphatic carbocycles. The molecule has 1 aromatic rings. The second kappa shape index (κ2) is 3.74. The molecule has 1 nitrogen and oxygen atoms in total. The van der Waals surface area contributed by atoms with Gasteiger partial charge in [-0.05, 0) is 18.3 Å². The predicted octanol–water partition coefficient (Wildman–Crippen LogP) is 4.00. The zero-order valence-electron chi connectivity index (χ0n) is 9.64. The summed E-state index contributed by atoms with van der Waals surface area (Å²) >= 11 is 7.77. The largest absolute Gasteiger partial charge is 0.246 e. The smallest absolute Gasteiger partial charge is 0.0934 e. The van der Waals surface area contributed by atoms with Crippen LogP contribution < -0.4 is 0 Å². The number of rotatable bonds is 3. The van der Waals surface area contributed by atoms with Crippen LogP contribution in [-0.4, -0.2) is 10.9 Å². The van der Waals surface area contributed by atoms with Crippen molar-refractivity contribution in [3.63, 3.8) is 0 Å². The maximum atomic E-state index is 5.98. The third-order valence-corrected chi connectivity index (χ3v) is 4.50. The SMILES string of the molecule is CC(C)(C)c1csc(CC2(CCl)CC2)n1. The summed E-state index contributed by atoms with van der Waals surface area (Å²) in [5.74, 6) is 0.789. The van der Waals surface area contributed by atoms with Gasteiger partial charge >= 0.3 is 0 Å². The van der Waals surface area contributed by atoms with E-state index in [4.69, 9.17) is 16.6 Å². The fraction of sp³-hybridized carbons (Fsp3) is 0.750. The van der Waals surface area contributed by atoms with Crippen molar-refractivity contribution in [3.8, 4) is 0 Å². The molecule has 0 atom stereocenters. The second-order valence-electron chi connectivity index (χ2n) is 5.69. The van der Waals surface area contributed by atoms with E-state index in [1.165, 1.54) is 23.5 Å². The monoisotopic (exact) mass is 243 g/mol. The van der Waals surface area contributed by atoms with E-state index < -0.39 is 0 Å². The van der Waals surface area contributed by atoms with Crippen LogP contribution >= 0.6 is 22.9 Å². The van der Waals surface area contributed by atoms with Crippen molar-refractivity contribution in [1.82, 2.24) is 4.98 Å². The van der Waals surface area contributed by atoms with Crippen LogP contribution in [0.2, 0.25) is 0 Å². The Morgan fingerprint density at radius 3 is 2.53 bits per heavy atom. The minimum absolute atomic E-state index is 0.173. The number of hydrogen-bond acceptors (Lipinski definition) is 2. The minimum Gasteiger partial charge on any atom is -0.246 e. The van der Waals surface area contributed by atoms with Gasteiger partial charge in [-0.1, -0.05) is 20.8 Å². The molecule has 2 rings (SSSR count). The van der Waals surface area contributed by atoms with E-state index in [-0.39, 0.29) is 5.41 Å². The Hall–Kier alpha value is -0.0800. The van der Waals surface area contributed by atoms with E-state index in [9.17, 15) is 0 Å². The highest BCUT2D eigenvalue weighted by atomic mass is 35.5. The average Bonchev–Trinajstić information content (AvgIpc) is 2.73. The normalized spacial score (nSPS) is 19.2. The summed E-state index contributed by atoms with van der Waals surface area (Å²) in [6.07, 6.45) is 3.64. The molecular formula is C12H18ClNS. The van der Waals surface area contributed by atoms with Gasteiger partial charge in [0, 0.05) is 23.1 Å². The molecule has 84 valence electrons. The molecule has 1 fully saturated rings. The van der Waals surface area contributed by atoms with E-state index in [1.807, 2.05) is 0 Å². The van der Waals surface area contributed by atoms with Gasteiger partial charge in [0.2, 0.25) is 0 Å². The first kappa shape index (κ1) is 11.4. The van der Waals surface area contributed by atoms with Gasteiger partial charge in [-0.3, -0.25) is 0 Å². The van der Waals surface area contributed by atoms with Crippen LogP contribution in [-0.2, 0) is 11.8 Å². The molecule has 1 heterocycles. The molecule has 15 heavy (non-hydrogen) atoms. The first-order chi connectivity index (χ1) is 6.95. The van der Waals surface area contributed by atoms with Crippen molar-refractivity contribution in [1.29, 1.82) is 0 Å². The molecule has 0 bridgehead atoms. The van der Waals surface area contributed by atoms with Crippen molar-refractivity contribution >= 4 is 22.9 Å². The van der Waals surface area contributed by atoms with Gasteiger partial charge in [-0.2, -0.15) is 0 Å². The Kier molecular flexibility index (Phi) is 2.85. The quantitative estimate of drug-likeness (QED) is 0.732. The van der Waals surface area contributed by atoms with Gasteiger partial charge in [0.25, 0.3) is 0 Å². The summed E-state index contributed by atoms with van der Waals surface area (Å²) in [6.45, 7) is 6.63. The summed E-state index contributed by atoms with van der Waals surface area (Å²) in [5.41, 5.74) is 1.79. The van der Waals surface area contributed by atoms with Crippen molar-refractivity contribution in [3.05, 3.63) is 16.1 Å². The lowest BCUT2D eigenvalue weighted by Crippen LogP contribution is -2.12. The summed E-state index contributed by atoms with van der Waals surface area (Å²) in [4.78, 5) is 4.71. The molecule has 0 saturated heterocycles. The minimum atomic E-state index is 0.173. The van der Waals surface area contributed by atoms with Crippen molar-refractivity contribution in [2.24, 2.45) is 5.41 Å². The van der Waals surface area contributed by atoms with Gasteiger partial charge < -0.3 is 0 Å². The Morgan fingerprint density at radius 1 is 1.47 bits per heavy atom. The fourth-order valence-electron chi connectivity index (χ4n) is 1.59. The fourth-order valence-corrected chi connectivity index (χ4v) is 3.15. The molecule has 0 spiro atoms. The summed E-state index contributed by atoms with van der Waals surface area (Å²) in [6, 6.07) is 0. The predicted molar refractivity (Wildman–Crippen MR) is 66.9 cm³/mol. The topological polar surface area (TPSA) is 12.9 Å². The number of alkyl halides is 1. The number of nitrogens with zero attached hydrogens (tertiary/aromatic N) is 1. The van der Waals surface area contributed by atoms with Crippen molar-refractivity contribution in [2.75, 3.05) is 5.88 Å². The molecule has 0 aromatic carbocycles. The molecule has 0 unspecified atom stereocenters. The van der Waals surface area contributed by atoms with Crippen LogP contribution in [0, 0.1) is 5.41 Å². The van der Waals surface area contributed by atoms with Crippen LogP contribution in [0.5, 0.6) is 0 Å². The lowest BCUT2D eigenvalue weighted by molar-refractivity contribution is 0.552. The number of hydrogen-bond donors (Lipinski definition) is 0. The standard InChI is InChI=1S/C12H18ClNS/c1-11(2,3)9-7-15-10(14-9)6-12(8-13)4-5-12/h7H,4-6,8H2,1-3H3. The van der Waals surface area contributed by atoms with Crippen LogP contribution in [0.4, 0.5) is 0 Å². The van der Waals surface area contributed by atoms with Crippen LogP contribution in [0.1, 0.15) is 44.3 Å². The Labute approximate surface area is 101 Å². The first-order valence-electron chi connectivity index (χ1n) is 5.46. The maximum Gasteiger partial charge on any atom is 0.0934 e. The van der Waals surface area contributed by atoms with Crippen LogP contribution in [0.15, 0.2) is 5.38 Å². The molecule has 0 N–H and O–H groups in total. The highest BCUT2D eigenvalue weighted by molar-refractivity contribution is 7.09. The Bertz CT molecular complexity index is 347. The van der Waals surface area contributed by atoms with Crippen LogP contribution in [0.25, 0.3) is 0 Å². The van der Waals surface area contributed by atoms with Gasteiger partial charge in [-0.15, -0.1) is 22.9 Å². The zero-order chi connectivity index (χ0) is 11.1. The molecule has 0 radical (unpaired) electrons. The Balaban J connectivity index is 2.08. The Morgan fingerprint density at radius 2 is 2.13 bits per heavy atom. The molecule has 0 amide bonds. The lowest BCUT2D eigenvalue weighted by atomic mass is 9.93. The first-order valence-corrected chi connectivity index (χ1v) is 6.87. The average molecular weight is 244 g/mol. The van der Waals surface area contributed by atoms with E-state index in [0.717, 1.165) is 12.3 Å². The zero-order valence-corrected chi connectivity index (χ0v) is 11.2. The summed E-state index contributed by atoms with van der Waals surface area (Å²) in [7, 11) is 0. The molecule has 1 aliphatic rings. The third kappa shape index (κ3) is 2.54. The molecule has 0 aliphatic heterocycles. The second-order valence-corrected chi connectivity index (χ2v) is 6.90. The van der Waals surface area contributed by atoms with Crippen molar-refractivity contribution < 1.29 is 0 Å².